The molecule has 5 heteroatoms. The van der Waals surface area contributed by atoms with E-state index in [2.05, 4.69) is 0 Å². The summed E-state index contributed by atoms with van der Waals surface area (Å²) in [7, 11) is -3.60. The van der Waals surface area contributed by atoms with Crippen LogP contribution in [-0.4, -0.2) is 18.8 Å². The number of hydrogen-bond donors (Lipinski definition) is 0. The molecule has 0 saturated heterocycles. The van der Waals surface area contributed by atoms with Gasteiger partial charge >= 0.3 is 0 Å². The van der Waals surface area contributed by atoms with Gasteiger partial charge in [0.1, 0.15) is 12.4 Å². The minimum absolute atomic E-state index is 0.120. The van der Waals surface area contributed by atoms with E-state index < -0.39 is 10.0 Å². The standard InChI is InChI=1S/C25H29NO3S/c1-4-21(3)26(30(27,28)25-15-13-20(2)14-16-25)18-23-11-8-12-24(17-23)29-19-22-9-6-5-7-10-22/h5-17,21H,4,18-19H2,1-3H3. The second kappa shape index (κ2) is 9.92. The minimum atomic E-state index is -3.60. The molecule has 0 saturated carbocycles. The van der Waals surface area contributed by atoms with Crippen LogP contribution in [0.4, 0.5) is 0 Å². The van der Waals surface area contributed by atoms with Crippen molar-refractivity contribution in [2.75, 3.05) is 0 Å². The summed E-state index contributed by atoms with van der Waals surface area (Å²) in [4.78, 5) is 0.324. The highest BCUT2D eigenvalue weighted by Crippen LogP contribution is 2.24. The summed E-state index contributed by atoms with van der Waals surface area (Å²) < 4.78 is 34.2. The summed E-state index contributed by atoms with van der Waals surface area (Å²) in [5.41, 5.74) is 3.02. The van der Waals surface area contributed by atoms with Crippen LogP contribution in [0, 0.1) is 6.92 Å². The summed E-state index contributed by atoms with van der Waals surface area (Å²) >= 11 is 0. The smallest absolute Gasteiger partial charge is 0.243 e. The van der Waals surface area contributed by atoms with Gasteiger partial charge < -0.3 is 4.74 Å². The van der Waals surface area contributed by atoms with Crippen LogP contribution in [0.25, 0.3) is 0 Å². The molecule has 158 valence electrons. The van der Waals surface area contributed by atoms with Crippen molar-refractivity contribution in [1.82, 2.24) is 4.31 Å². The summed E-state index contributed by atoms with van der Waals surface area (Å²) in [5, 5.41) is 0. The molecule has 0 aromatic heterocycles. The lowest BCUT2D eigenvalue weighted by molar-refractivity contribution is 0.303. The van der Waals surface area contributed by atoms with E-state index in [0.717, 1.165) is 28.9 Å². The third-order valence-electron chi connectivity index (χ3n) is 5.20. The second-order valence-electron chi connectivity index (χ2n) is 7.54. The molecule has 30 heavy (non-hydrogen) atoms. The van der Waals surface area contributed by atoms with Gasteiger partial charge in [0.2, 0.25) is 10.0 Å². The SMILES string of the molecule is CCC(C)N(Cc1cccc(OCc2ccccc2)c1)S(=O)(=O)c1ccc(C)cc1. The highest BCUT2D eigenvalue weighted by atomic mass is 32.2. The number of benzene rings is 3. The van der Waals surface area contributed by atoms with Crippen LogP contribution in [0.5, 0.6) is 5.75 Å². The highest BCUT2D eigenvalue weighted by Gasteiger charge is 2.28. The van der Waals surface area contributed by atoms with E-state index in [1.807, 2.05) is 87.5 Å². The Bertz CT molecular complexity index is 1050. The molecule has 3 aromatic carbocycles. The fraction of sp³-hybridized carbons (Fsp3) is 0.280. The van der Waals surface area contributed by atoms with Gasteiger partial charge in [-0.3, -0.25) is 0 Å². The molecule has 0 spiro atoms. The Labute approximate surface area is 180 Å². The van der Waals surface area contributed by atoms with E-state index >= 15 is 0 Å². The van der Waals surface area contributed by atoms with Gasteiger partial charge in [0.05, 0.1) is 4.90 Å². The summed E-state index contributed by atoms with van der Waals surface area (Å²) in [6.45, 7) is 6.67. The van der Waals surface area contributed by atoms with Gasteiger partial charge in [-0.15, -0.1) is 0 Å². The molecule has 3 aromatic rings. The van der Waals surface area contributed by atoms with Crippen molar-refractivity contribution in [2.24, 2.45) is 0 Å². The number of hydrogen-bond acceptors (Lipinski definition) is 3. The first-order valence-electron chi connectivity index (χ1n) is 10.2. The Kier molecular flexibility index (Phi) is 7.29. The zero-order chi connectivity index (χ0) is 21.6. The first-order valence-corrected chi connectivity index (χ1v) is 11.7. The quantitative estimate of drug-likeness (QED) is 0.452. The Morgan fingerprint density at radius 2 is 1.57 bits per heavy atom. The number of ether oxygens (including phenoxy) is 1. The van der Waals surface area contributed by atoms with Crippen LogP contribution in [-0.2, 0) is 23.2 Å². The van der Waals surface area contributed by atoms with Crippen molar-refractivity contribution in [3.05, 3.63) is 95.6 Å². The van der Waals surface area contributed by atoms with Gasteiger partial charge in [-0.05, 0) is 55.7 Å². The number of aryl methyl sites for hydroxylation is 1. The largest absolute Gasteiger partial charge is 0.489 e. The summed E-state index contributed by atoms with van der Waals surface area (Å²) in [5.74, 6) is 0.730. The summed E-state index contributed by atoms with van der Waals surface area (Å²) in [6.07, 6.45) is 0.731. The summed E-state index contributed by atoms with van der Waals surface area (Å²) in [6, 6.07) is 24.5. The minimum Gasteiger partial charge on any atom is -0.489 e. The van der Waals surface area contributed by atoms with Crippen LogP contribution in [0.3, 0.4) is 0 Å². The molecule has 0 aliphatic heterocycles. The molecule has 0 radical (unpaired) electrons. The van der Waals surface area contributed by atoms with E-state index in [-0.39, 0.29) is 6.04 Å². The normalized spacial score (nSPS) is 12.7. The second-order valence-corrected chi connectivity index (χ2v) is 9.43. The van der Waals surface area contributed by atoms with Gasteiger partial charge in [0.25, 0.3) is 0 Å². The molecule has 0 heterocycles. The predicted octanol–water partition coefficient (Wildman–Crippen LogP) is 5.56. The van der Waals surface area contributed by atoms with Gasteiger partial charge in [0.15, 0.2) is 0 Å². The van der Waals surface area contributed by atoms with Crippen molar-refractivity contribution in [1.29, 1.82) is 0 Å². The van der Waals surface area contributed by atoms with Crippen molar-refractivity contribution in [3.8, 4) is 5.75 Å². The molecule has 1 atom stereocenters. The number of sulfonamides is 1. The lowest BCUT2D eigenvalue weighted by Crippen LogP contribution is -2.37. The molecule has 0 fully saturated rings. The maximum absolute atomic E-state index is 13.3. The topological polar surface area (TPSA) is 46.6 Å². The molecule has 0 aliphatic rings. The average molecular weight is 424 g/mol. The molecule has 0 amide bonds. The van der Waals surface area contributed by atoms with Crippen LogP contribution >= 0.6 is 0 Å². The zero-order valence-electron chi connectivity index (χ0n) is 17.8. The van der Waals surface area contributed by atoms with E-state index in [1.54, 1.807) is 16.4 Å². The Morgan fingerprint density at radius 1 is 0.900 bits per heavy atom. The van der Waals surface area contributed by atoms with E-state index in [0.29, 0.717) is 18.0 Å². The van der Waals surface area contributed by atoms with E-state index in [9.17, 15) is 8.42 Å². The van der Waals surface area contributed by atoms with Gasteiger partial charge in [-0.25, -0.2) is 8.42 Å². The molecule has 4 nitrogen and oxygen atoms in total. The monoisotopic (exact) mass is 423 g/mol. The lowest BCUT2D eigenvalue weighted by atomic mass is 10.2. The van der Waals surface area contributed by atoms with Crippen LogP contribution in [0.1, 0.15) is 37.0 Å². The Balaban J connectivity index is 1.80. The molecule has 1 unspecified atom stereocenters. The third-order valence-corrected chi connectivity index (χ3v) is 7.17. The zero-order valence-corrected chi connectivity index (χ0v) is 18.6. The highest BCUT2D eigenvalue weighted by molar-refractivity contribution is 7.89. The Morgan fingerprint density at radius 3 is 2.23 bits per heavy atom. The van der Waals surface area contributed by atoms with E-state index in [1.165, 1.54) is 0 Å². The third kappa shape index (κ3) is 5.49. The number of rotatable bonds is 9. The van der Waals surface area contributed by atoms with E-state index in [4.69, 9.17) is 4.74 Å². The van der Waals surface area contributed by atoms with Gasteiger partial charge in [0, 0.05) is 12.6 Å². The molecular weight excluding hydrogens is 394 g/mol. The molecule has 0 aliphatic carbocycles. The Hall–Kier alpha value is -2.63. The van der Waals surface area contributed by atoms with Gasteiger partial charge in [-0.1, -0.05) is 67.1 Å². The van der Waals surface area contributed by atoms with Crippen LogP contribution in [0.2, 0.25) is 0 Å². The fourth-order valence-electron chi connectivity index (χ4n) is 3.18. The first kappa shape index (κ1) is 22.1. The van der Waals surface area contributed by atoms with Crippen molar-refractivity contribution >= 4 is 10.0 Å². The number of nitrogens with zero attached hydrogens (tertiary/aromatic N) is 1. The van der Waals surface area contributed by atoms with Crippen LogP contribution < -0.4 is 4.74 Å². The predicted molar refractivity (Wildman–Crippen MR) is 121 cm³/mol. The molecular formula is C25H29NO3S. The average Bonchev–Trinajstić information content (AvgIpc) is 2.77. The van der Waals surface area contributed by atoms with Crippen molar-refractivity contribution < 1.29 is 13.2 Å². The van der Waals surface area contributed by atoms with Crippen molar-refractivity contribution in [2.45, 2.75) is 51.3 Å². The maximum atomic E-state index is 13.3. The molecule has 0 N–H and O–H groups in total. The lowest BCUT2D eigenvalue weighted by Gasteiger charge is -2.28. The van der Waals surface area contributed by atoms with Crippen molar-refractivity contribution in [3.63, 3.8) is 0 Å². The van der Waals surface area contributed by atoms with Gasteiger partial charge in [-0.2, -0.15) is 4.31 Å². The molecule has 3 rings (SSSR count). The fourth-order valence-corrected chi connectivity index (χ4v) is 4.87. The molecule has 0 bridgehead atoms. The first-order chi connectivity index (χ1) is 14.4. The maximum Gasteiger partial charge on any atom is 0.243 e. The van der Waals surface area contributed by atoms with Crippen LogP contribution in [0.15, 0.2) is 83.8 Å².